The second-order valence-electron chi connectivity index (χ2n) is 4.97. The molecule has 1 unspecified atom stereocenters. The summed E-state index contributed by atoms with van der Waals surface area (Å²) < 4.78 is 0.641. The molecular weight excluding hydrogens is 317 g/mol. The van der Waals surface area contributed by atoms with Gasteiger partial charge in [0.1, 0.15) is 9.39 Å². The zero-order chi connectivity index (χ0) is 11.8. The molecule has 0 aliphatic heterocycles. The molecule has 1 aromatic rings. The van der Waals surface area contributed by atoms with E-state index in [1.54, 1.807) is 0 Å². The van der Waals surface area contributed by atoms with E-state index in [1.807, 2.05) is 22.6 Å². The van der Waals surface area contributed by atoms with E-state index in [0.717, 1.165) is 6.42 Å². The lowest BCUT2D eigenvalue weighted by molar-refractivity contribution is 0.349. The lowest BCUT2D eigenvalue weighted by Gasteiger charge is -2.28. The highest BCUT2D eigenvalue weighted by atomic mass is 127. The number of aromatic nitrogens is 2. The molecule has 0 amide bonds. The fourth-order valence-electron chi connectivity index (χ4n) is 2.24. The number of hydrogen-bond acceptors (Lipinski definition) is 3. The average molecular weight is 333 g/mol. The van der Waals surface area contributed by atoms with Crippen LogP contribution in [0.1, 0.15) is 33.1 Å². The summed E-state index contributed by atoms with van der Waals surface area (Å²) in [6.45, 7) is 4.52. The van der Waals surface area contributed by atoms with Gasteiger partial charge in [-0.1, -0.05) is 20.3 Å². The van der Waals surface area contributed by atoms with Gasteiger partial charge in [-0.3, -0.25) is 4.79 Å². The molecule has 1 aromatic heterocycles. The molecule has 16 heavy (non-hydrogen) atoms. The first kappa shape index (κ1) is 11.9. The van der Waals surface area contributed by atoms with Gasteiger partial charge < -0.3 is 10.3 Å². The van der Waals surface area contributed by atoms with Crippen molar-refractivity contribution in [3.05, 3.63) is 20.3 Å². The van der Waals surface area contributed by atoms with Crippen molar-refractivity contribution in [1.29, 1.82) is 0 Å². The van der Waals surface area contributed by atoms with Crippen molar-refractivity contribution in [3.8, 4) is 0 Å². The third kappa shape index (κ3) is 2.23. The monoisotopic (exact) mass is 333 g/mol. The number of nitrogens with zero attached hydrogens (tertiary/aromatic N) is 1. The van der Waals surface area contributed by atoms with Crippen LogP contribution in [0.15, 0.2) is 11.1 Å². The lowest BCUT2D eigenvalue weighted by Crippen LogP contribution is -2.32. The summed E-state index contributed by atoms with van der Waals surface area (Å²) in [5.74, 6) is 0.712. The van der Waals surface area contributed by atoms with Crippen molar-refractivity contribution in [2.24, 2.45) is 5.41 Å². The zero-order valence-corrected chi connectivity index (χ0v) is 11.7. The minimum absolute atomic E-state index is 0.0751. The molecule has 0 saturated heterocycles. The van der Waals surface area contributed by atoms with Crippen LogP contribution < -0.4 is 10.9 Å². The highest BCUT2D eigenvalue weighted by Gasteiger charge is 2.34. The largest absolute Gasteiger partial charge is 0.366 e. The molecule has 1 aliphatic rings. The standard InChI is InChI=1S/C11H16IN3O/c1-11(2)5-3-4-7(11)15-9-8(12)10(16)14-6-13-9/h6-7H,3-5H2,1-2H3,(H2,13,14,15,16). The minimum atomic E-state index is -0.0751. The van der Waals surface area contributed by atoms with Gasteiger partial charge in [0.2, 0.25) is 0 Å². The third-order valence-electron chi connectivity index (χ3n) is 3.36. The van der Waals surface area contributed by atoms with Crippen molar-refractivity contribution in [3.63, 3.8) is 0 Å². The van der Waals surface area contributed by atoms with Gasteiger partial charge in [-0.2, -0.15) is 0 Å². The first-order valence-electron chi connectivity index (χ1n) is 5.50. The summed E-state index contributed by atoms with van der Waals surface area (Å²) in [6, 6.07) is 0.412. The van der Waals surface area contributed by atoms with Crippen LogP contribution in [-0.2, 0) is 0 Å². The maximum absolute atomic E-state index is 11.4. The highest BCUT2D eigenvalue weighted by Crippen LogP contribution is 2.38. The molecule has 0 radical (unpaired) electrons. The fraction of sp³-hybridized carbons (Fsp3) is 0.636. The summed E-state index contributed by atoms with van der Waals surface area (Å²) in [4.78, 5) is 18.2. The Morgan fingerprint density at radius 3 is 3.00 bits per heavy atom. The first-order valence-corrected chi connectivity index (χ1v) is 6.58. The van der Waals surface area contributed by atoms with Gasteiger partial charge in [-0.05, 0) is 40.8 Å². The molecule has 0 bridgehead atoms. The van der Waals surface area contributed by atoms with E-state index < -0.39 is 0 Å². The number of aromatic amines is 1. The molecule has 0 spiro atoms. The number of anilines is 1. The van der Waals surface area contributed by atoms with Crippen LogP contribution in [0.4, 0.5) is 5.82 Å². The van der Waals surface area contributed by atoms with Gasteiger partial charge in [0, 0.05) is 6.04 Å². The average Bonchev–Trinajstić information content (AvgIpc) is 2.54. The van der Waals surface area contributed by atoms with Crippen molar-refractivity contribution < 1.29 is 0 Å². The number of halogens is 1. The second kappa shape index (κ2) is 4.35. The Hall–Kier alpha value is -0.590. The van der Waals surface area contributed by atoms with E-state index in [2.05, 4.69) is 29.1 Å². The fourth-order valence-corrected chi connectivity index (χ4v) is 2.69. The predicted octanol–water partition coefficient (Wildman–Crippen LogP) is 2.37. The molecule has 4 nitrogen and oxygen atoms in total. The first-order chi connectivity index (χ1) is 7.50. The topological polar surface area (TPSA) is 57.8 Å². The summed E-state index contributed by atoms with van der Waals surface area (Å²) in [5.41, 5.74) is 0.210. The minimum Gasteiger partial charge on any atom is -0.366 e. The SMILES string of the molecule is CC1(C)CCCC1Nc1nc[nH]c(=O)c1I. The number of nitrogens with one attached hydrogen (secondary N) is 2. The lowest BCUT2D eigenvalue weighted by atomic mass is 9.87. The molecule has 1 atom stereocenters. The van der Waals surface area contributed by atoms with E-state index in [-0.39, 0.29) is 11.0 Å². The highest BCUT2D eigenvalue weighted by molar-refractivity contribution is 14.1. The Morgan fingerprint density at radius 1 is 1.62 bits per heavy atom. The van der Waals surface area contributed by atoms with Crippen molar-refractivity contribution in [2.45, 2.75) is 39.2 Å². The summed E-state index contributed by atoms with van der Waals surface area (Å²) in [7, 11) is 0. The molecule has 0 aromatic carbocycles. The van der Waals surface area contributed by atoms with Crippen LogP contribution in [0.3, 0.4) is 0 Å². The molecule has 5 heteroatoms. The van der Waals surface area contributed by atoms with Gasteiger partial charge in [0.25, 0.3) is 5.56 Å². The van der Waals surface area contributed by atoms with Gasteiger partial charge in [-0.15, -0.1) is 0 Å². The number of hydrogen-bond donors (Lipinski definition) is 2. The van der Waals surface area contributed by atoms with Crippen LogP contribution >= 0.6 is 22.6 Å². The van der Waals surface area contributed by atoms with E-state index in [1.165, 1.54) is 19.2 Å². The summed E-state index contributed by atoms with van der Waals surface area (Å²) in [5, 5.41) is 3.40. The quantitative estimate of drug-likeness (QED) is 0.817. The Bertz CT molecular complexity index is 441. The Kier molecular flexibility index (Phi) is 3.23. The van der Waals surface area contributed by atoms with Gasteiger partial charge in [0.15, 0.2) is 0 Å². The van der Waals surface area contributed by atoms with Gasteiger partial charge >= 0.3 is 0 Å². The van der Waals surface area contributed by atoms with Crippen molar-refractivity contribution in [2.75, 3.05) is 5.32 Å². The normalized spacial score (nSPS) is 23.3. The van der Waals surface area contributed by atoms with E-state index in [4.69, 9.17) is 0 Å². The van der Waals surface area contributed by atoms with Gasteiger partial charge in [0.05, 0.1) is 6.33 Å². The summed E-state index contributed by atoms with van der Waals surface area (Å²) >= 11 is 2.03. The van der Waals surface area contributed by atoms with E-state index >= 15 is 0 Å². The van der Waals surface area contributed by atoms with E-state index in [0.29, 0.717) is 15.4 Å². The molecule has 88 valence electrons. The smallest absolute Gasteiger partial charge is 0.266 e. The number of H-pyrrole nitrogens is 1. The molecule has 2 rings (SSSR count). The number of rotatable bonds is 2. The van der Waals surface area contributed by atoms with Crippen LogP contribution in [-0.4, -0.2) is 16.0 Å². The molecule has 1 fully saturated rings. The molecule has 1 heterocycles. The summed E-state index contributed by atoms with van der Waals surface area (Å²) in [6.07, 6.45) is 5.07. The Labute approximate surface area is 108 Å². The molecular formula is C11H16IN3O. The van der Waals surface area contributed by atoms with Crippen molar-refractivity contribution in [1.82, 2.24) is 9.97 Å². The zero-order valence-electron chi connectivity index (χ0n) is 9.51. The van der Waals surface area contributed by atoms with Crippen LogP contribution in [0.25, 0.3) is 0 Å². The van der Waals surface area contributed by atoms with Crippen molar-refractivity contribution >= 4 is 28.4 Å². The molecule has 2 N–H and O–H groups in total. The molecule has 1 saturated carbocycles. The Morgan fingerprint density at radius 2 is 2.38 bits per heavy atom. The Balaban J connectivity index is 2.21. The van der Waals surface area contributed by atoms with E-state index in [9.17, 15) is 4.79 Å². The predicted molar refractivity (Wildman–Crippen MR) is 72.6 cm³/mol. The van der Waals surface area contributed by atoms with Gasteiger partial charge in [-0.25, -0.2) is 4.98 Å². The van der Waals surface area contributed by atoms with Crippen LogP contribution in [0.2, 0.25) is 0 Å². The van der Waals surface area contributed by atoms with Crippen LogP contribution in [0.5, 0.6) is 0 Å². The second-order valence-corrected chi connectivity index (χ2v) is 6.05. The molecule has 1 aliphatic carbocycles. The van der Waals surface area contributed by atoms with Crippen LogP contribution in [0, 0.1) is 8.99 Å². The maximum atomic E-state index is 11.4. The third-order valence-corrected chi connectivity index (χ3v) is 4.37. The maximum Gasteiger partial charge on any atom is 0.266 e.